The van der Waals surface area contributed by atoms with Crippen molar-refractivity contribution in [2.24, 2.45) is 23.7 Å². The molecule has 0 amide bonds. The van der Waals surface area contributed by atoms with E-state index >= 15 is 0 Å². The number of allylic oxidation sites excluding steroid dienone is 1. The van der Waals surface area contributed by atoms with Crippen LogP contribution in [0.1, 0.15) is 44.6 Å². The first-order chi connectivity index (χ1) is 15.6. The lowest BCUT2D eigenvalue weighted by atomic mass is 9.54. The molecule has 0 radical (unpaired) electrons. The van der Waals surface area contributed by atoms with Crippen molar-refractivity contribution in [3.63, 3.8) is 0 Å². The number of aromatic nitrogens is 2. The van der Waals surface area contributed by atoms with Gasteiger partial charge in [-0.1, -0.05) is 0 Å². The fraction of sp³-hybridized carbons (Fsp3) is 0.480. The number of Topliss-reactive ketones (excluding diaryl/α,β-unsaturated/α-hetero) is 1. The van der Waals surface area contributed by atoms with E-state index in [9.17, 15) is 9.59 Å². The molecule has 0 saturated heterocycles. The Bertz CT molecular complexity index is 1130. The Labute approximate surface area is 186 Å². The van der Waals surface area contributed by atoms with Crippen LogP contribution in [0.25, 0.3) is 17.1 Å². The highest BCUT2D eigenvalue weighted by molar-refractivity contribution is 6.26. The number of fused-ring (bicyclic) bond motifs is 1. The van der Waals surface area contributed by atoms with Gasteiger partial charge in [-0.05, 0) is 80.9 Å². The van der Waals surface area contributed by atoms with Crippen molar-refractivity contribution in [3.05, 3.63) is 47.3 Å². The van der Waals surface area contributed by atoms with E-state index in [0.717, 1.165) is 28.4 Å². The van der Waals surface area contributed by atoms with Crippen molar-refractivity contribution in [1.82, 2.24) is 15.3 Å². The van der Waals surface area contributed by atoms with E-state index in [4.69, 9.17) is 9.47 Å². The van der Waals surface area contributed by atoms with Crippen LogP contribution in [0.3, 0.4) is 0 Å². The summed E-state index contributed by atoms with van der Waals surface area (Å²) in [6.45, 7) is 1.94. The van der Waals surface area contributed by atoms with Crippen molar-refractivity contribution in [1.29, 1.82) is 0 Å². The van der Waals surface area contributed by atoms with Crippen molar-refractivity contribution in [2.75, 3.05) is 6.61 Å². The lowest BCUT2D eigenvalue weighted by Gasteiger charge is -2.54. The maximum absolute atomic E-state index is 13.2. The number of rotatable bonds is 5. The summed E-state index contributed by atoms with van der Waals surface area (Å²) in [5.41, 5.74) is 1.50. The van der Waals surface area contributed by atoms with Gasteiger partial charge in [0.15, 0.2) is 11.3 Å². The van der Waals surface area contributed by atoms with Crippen molar-refractivity contribution in [2.45, 2.75) is 45.1 Å². The predicted octanol–water partition coefficient (Wildman–Crippen LogP) is 3.69. The molecule has 5 aliphatic rings. The molecule has 4 bridgehead atoms. The Balaban J connectivity index is 1.32. The Morgan fingerprint density at radius 3 is 2.72 bits per heavy atom. The van der Waals surface area contributed by atoms with E-state index in [1.807, 2.05) is 12.1 Å². The molecule has 0 unspecified atom stereocenters. The van der Waals surface area contributed by atoms with Gasteiger partial charge in [-0.2, -0.15) is 0 Å². The second-order valence-electron chi connectivity index (χ2n) is 9.61. The second-order valence-corrected chi connectivity index (χ2v) is 9.61. The molecule has 1 aliphatic heterocycles. The summed E-state index contributed by atoms with van der Waals surface area (Å²) in [5, 5.41) is 4.39. The summed E-state index contributed by atoms with van der Waals surface area (Å²) in [5.74, 6) is 2.15. The molecule has 32 heavy (non-hydrogen) atoms. The highest BCUT2D eigenvalue weighted by Gasteiger charge is 2.49. The first-order valence-corrected chi connectivity index (χ1v) is 11.6. The molecule has 4 fully saturated rings. The molecule has 7 nitrogen and oxygen atoms in total. The number of hydrogen-bond donors (Lipinski definition) is 2. The Morgan fingerprint density at radius 2 is 2.00 bits per heavy atom. The number of ketones is 1. The van der Waals surface area contributed by atoms with Crippen LogP contribution < -0.4 is 5.32 Å². The molecule has 2 N–H and O–H groups in total. The van der Waals surface area contributed by atoms with Crippen LogP contribution >= 0.6 is 0 Å². The van der Waals surface area contributed by atoms with Gasteiger partial charge in [-0.25, -0.2) is 9.78 Å². The maximum atomic E-state index is 13.2. The highest BCUT2D eigenvalue weighted by atomic mass is 16.5. The third kappa shape index (κ3) is 3.14. The van der Waals surface area contributed by atoms with Gasteiger partial charge < -0.3 is 19.8 Å². The molecule has 4 aliphatic carbocycles. The SMILES string of the molecule is CCOC(=O)C1=C(NC2C3CC4CC(C3)CC2C4)O/C(=C\c2c[nH]c3ncccc23)C1=O. The van der Waals surface area contributed by atoms with E-state index in [1.54, 1.807) is 25.4 Å². The van der Waals surface area contributed by atoms with Crippen molar-refractivity contribution < 1.29 is 19.1 Å². The zero-order valence-corrected chi connectivity index (χ0v) is 18.1. The fourth-order valence-electron chi connectivity index (χ4n) is 6.57. The van der Waals surface area contributed by atoms with Gasteiger partial charge in [0.25, 0.3) is 0 Å². The van der Waals surface area contributed by atoms with Crippen LogP contribution in [-0.4, -0.2) is 34.4 Å². The number of esters is 1. The number of hydrogen-bond acceptors (Lipinski definition) is 6. The van der Waals surface area contributed by atoms with Crippen LogP contribution in [0.5, 0.6) is 0 Å². The van der Waals surface area contributed by atoms with E-state index in [-0.39, 0.29) is 29.9 Å². The largest absolute Gasteiger partial charge is 0.462 e. The normalized spacial score (nSPS) is 32.1. The van der Waals surface area contributed by atoms with Gasteiger partial charge in [0.2, 0.25) is 11.7 Å². The molecule has 0 spiro atoms. The lowest BCUT2D eigenvalue weighted by molar-refractivity contribution is -0.139. The zero-order chi connectivity index (χ0) is 21.8. The standard InChI is InChI=1S/C25H27N3O4/c1-2-31-25(30)20-22(29)19(11-17-12-27-23-18(17)4-3-5-26-23)32-24(20)28-21-15-7-13-6-14(9-15)10-16(21)8-13/h3-5,11-16,21,28H,2,6-10H2,1H3,(H,26,27)/b19-11-. The van der Waals surface area contributed by atoms with E-state index in [1.165, 1.54) is 32.1 Å². The number of carbonyl (C=O) groups excluding carboxylic acids is 2. The average Bonchev–Trinajstić information content (AvgIpc) is 3.31. The smallest absolute Gasteiger partial charge is 0.347 e. The number of pyridine rings is 1. The van der Waals surface area contributed by atoms with E-state index in [2.05, 4.69) is 15.3 Å². The third-order valence-corrected chi connectivity index (χ3v) is 7.66. The van der Waals surface area contributed by atoms with Crippen LogP contribution in [0.15, 0.2) is 41.7 Å². The molecule has 7 heteroatoms. The average molecular weight is 434 g/mol. The quantitative estimate of drug-likeness (QED) is 0.424. The van der Waals surface area contributed by atoms with Gasteiger partial charge in [-0.15, -0.1) is 0 Å². The predicted molar refractivity (Wildman–Crippen MR) is 118 cm³/mol. The first-order valence-electron chi connectivity index (χ1n) is 11.6. The molecule has 0 atom stereocenters. The molecular weight excluding hydrogens is 406 g/mol. The molecule has 166 valence electrons. The van der Waals surface area contributed by atoms with Gasteiger partial charge in [0.1, 0.15) is 5.65 Å². The summed E-state index contributed by atoms with van der Waals surface area (Å²) < 4.78 is 11.2. The van der Waals surface area contributed by atoms with Gasteiger partial charge in [-0.3, -0.25) is 4.79 Å². The fourth-order valence-corrected chi connectivity index (χ4v) is 6.57. The number of nitrogens with one attached hydrogen (secondary N) is 2. The molecule has 2 aromatic rings. The number of carbonyl (C=O) groups is 2. The summed E-state index contributed by atoms with van der Waals surface area (Å²) in [7, 11) is 0. The molecular formula is C25H27N3O4. The summed E-state index contributed by atoms with van der Waals surface area (Å²) in [6, 6.07) is 4.02. The van der Waals surface area contributed by atoms with Crippen LogP contribution in [-0.2, 0) is 19.1 Å². The van der Waals surface area contributed by atoms with E-state index in [0.29, 0.717) is 11.8 Å². The molecule has 2 aromatic heterocycles. The summed E-state index contributed by atoms with van der Waals surface area (Å²) >= 11 is 0. The lowest BCUT2D eigenvalue weighted by Crippen LogP contribution is -2.54. The van der Waals surface area contributed by atoms with Gasteiger partial charge >= 0.3 is 5.97 Å². The number of ether oxygens (including phenoxy) is 2. The van der Waals surface area contributed by atoms with Gasteiger partial charge in [0.05, 0.1) is 6.61 Å². The molecule has 0 aromatic carbocycles. The minimum atomic E-state index is -0.632. The number of aromatic amines is 1. The van der Waals surface area contributed by atoms with Gasteiger partial charge in [0, 0.05) is 29.4 Å². The Hall–Kier alpha value is -3.09. The zero-order valence-electron chi connectivity index (χ0n) is 18.1. The maximum Gasteiger partial charge on any atom is 0.347 e. The van der Waals surface area contributed by atoms with E-state index < -0.39 is 11.8 Å². The highest BCUT2D eigenvalue weighted by Crippen LogP contribution is 2.54. The minimum Gasteiger partial charge on any atom is -0.462 e. The van der Waals surface area contributed by atoms with Crippen LogP contribution in [0.2, 0.25) is 0 Å². The summed E-state index contributed by atoms with van der Waals surface area (Å²) in [4.78, 5) is 33.3. The Kier molecular flexibility index (Phi) is 4.59. The Morgan fingerprint density at radius 1 is 1.25 bits per heavy atom. The molecule has 3 heterocycles. The monoisotopic (exact) mass is 433 g/mol. The number of H-pyrrole nitrogens is 1. The molecule has 4 saturated carbocycles. The van der Waals surface area contributed by atoms with Crippen LogP contribution in [0, 0.1) is 23.7 Å². The minimum absolute atomic E-state index is 0.0233. The van der Waals surface area contributed by atoms with Crippen LogP contribution in [0.4, 0.5) is 0 Å². The number of nitrogens with zero attached hydrogens (tertiary/aromatic N) is 1. The van der Waals surface area contributed by atoms with Crippen molar-refractivity contribution in [3.8, 4) is 0 Å². The first kappa shape index (κ1) is 19.6. The topological polar surface area (TPSA) is 93.3 Å². The molecule has 7 rings (SSSR count). The summed E-state index contributed by atoms with van der Waals surface area (Å²) in [6.07, 6.45) is 11.5. The second kappa shape index (κ2) is 7.50. The third-order valence-electron chi connectivity index (χ3n) is 7.66. The van der Waals surface area contributed by atoms with Crippen molar-refractivity contribution >= 4 is 28.9 Å².